The molecule has 0 bridgehead atoms. The van der Waals surface area contributed by atoms with Gasteiger partial charge in [-0.3, -0.25) is 0 Å². The van der Waals surface area contributed by atoms with Gasteiger partial charge in [0.25, 0.3) is 0 Å². The Bertz CT molecular complexity index is 410. The lowest BCUT2D eigenvalue weighted by Crippen LogP contribution is -2.39. The van der Waals surface area contributed by atoms with E-state index in [1.165, 1.54) is 19.3 Å². The predicted octanol–water partition coefficient (Wildman–Crippen LogP) is 2.09. The molecule has 0 spiro atoms. The van der Waals surface area contributed by atoms with Crippen molar-refractivity contribution < 1.29 is 0 Å². The highest BCUT2D eigenvalue weighted by molar-refractivity contribution is 5.49. The number of rotatable bonds is 3. The van der Waals surface area contributed by atoms with Gasteiger partial charge in [-0.1, -0.05) is 20.3 Å². The van der Waals surface area contributed by atoms with Crippen molar-refractivity contribution in [2.45, 2.75) is 40.0 Å². The monoisotopic (exact) mass is 249 g/mol. The fourth-order valence-electron chi connectivity index (χ4n) is 2.42. The van der Waals surface area contributed by atoms with Gasteiger partial charge < -0.3 is 10.3 Å². The van der Waals surface area contributed by atoms with Gasteiger partial charge in [-0.15, -0.1) is 0 Å². The molecule has 5 heteroatoms. The number of nitrogens with two attached hydrogens (primary N) is 1. The van der Waals surface area contributed by atoms with Crippen LogP contribution in [0.5, 0.6) is 0 Å². The number of anilines is 2. The molecule has 0 aromatic carbocycles. The molecular weight excluding hydrogens is 226 g/mol. The quantitative estimate of drug-likeness (QED) is 0.634. The maximum absolute atomic E-state index is 5.42. The summed E-state index contributed by atoms with van der Waals surface area (Å²) in [5.74, 6) is 7.84. The molecule has 5 nitrogen and oxygen atoms in total. The molecule has 3 N–H and O–H groups in total. The van der Waals surface area contributed by atoms with Crippen LogP contribution in [0.15, 0.2) is 6.07 Å². The summed E-state index contributed by atoms with van der Waals surface area (Å²) >= 11 is 0. The van der Waals surface area contributed by atoms with Crippen LogP contribution in [0, 0.1) is 12.3 Å². The second kappa shape index (κ2) is 5.10. The Morgan fingerprint density at radius 1 is 1.39 bits per heavy atom. The summed E-state index contributed by atoms with van der Waals surface area (Å²) in [7, 11) is 0. The number of aryl methyl sites for hydroxylation is 1. The molecule has 2 heterocycles. The number of piperidine rings is 1. The van der Waals surface area contributed by atoms with Gasteiger partial charge in [-0.25, -0.2) is 15.8 Å². The van der Waals surface area contributed by atoms with E-state index in [-0.39, 0.29) is 0 Å². The molecule has 2 rings (SSSR count). The average molecular weight is 249 g/mol. The molecule has 0 aliphatic carbocycles. The number of hydrogen-bond acceptors (Lipinski definition) is 5. The lowest BCUT2D eigenvalue weighted by atomic mass is 9.78. The van der Waals surface area contributed by atoms with E-state index in [0.717, 1.165) is 24.7 Å². The van der Waals surface area contributed by atoms with Crippen molar-refractivity contribution in [2.24, 2.45) is 11.3 Å². The van der Waals surface area contributed by atoms with Crippen LogP contribution in [0.3, 0.4) is 0 Å². The Balaban J connectivity index is 2.12. The topological polar surface area (TPSA) is 67.1 Å². The number of nitrogens with one attached hydrogen (secondary N) is 1. The van der Waals surface area contributed by atoms with Crippen LogP contribution in [-0.2, 0) is 0 Å². The Labute approximate surface area is 109 Å². The fraction of sp³-hybridized carbons (Fsp3) is 0.692. The Hall–Kier alpha value is -1.36. The van der Waals surface area contributed by atoms with Gasteiger partial charge in [0.2, 0.25) is 0 Å². The molecule has 0 amide bonds. The first-order valence-corrected chi connectivity index (χ1v) is 6.63. The van der Waals surface area contributed by atoms with Crippen LogP contribution in [0.25, 0.3) is 0 Å². The molecular formula is C13H23N5. The SMILES string of the molecule is CCC1(C)CCN(c2cc(NN)nc(C)n2)CC1. The summed E-state index contributed by atoms with van der Waals surface area (Å²) in [5.41, 5.74) is 3.09. The number of hydrogen-bond donors (Lipinski definition) is 2. The maximum atomic E-state index is 5.42. The summed E-state index contributed by atoms with van der Waals surface area (Å²) in [4.78, 5) is 11.0. The minimum Gasteiger partial charge on any atom is -0.356 e. The first-order chi connectivity index (χ1) is 8.56. The molecule has 1 aliphatic rings. The molecule has 1 fully saturated rings. The van der Waals surface area contributed by atoms with E-state index in [1.807, 2.05) is 13.0 Å². The van der Waals surface area contributed by atoms with E-state index in [9.17, 15) is 0 Å². The zero-order valence-electron chi connectivity index (χ0n) is 11.5. The standard InChI is InChI=1S/C13H23N5/c1-4-13(3)5-7-18(8-6-13)12-9-11(17-14)15-10(2)16-12/h9H,4-8,14H2,1-3H3,(H,15,16,17). The van der Waals surface area contributed by atoms with Crippen LogP contribution in [0.1, 0.15) is 38.9 Å². The molecule has 0 unspecified atom stereocenters. The second-order valence-electron chi connectivity index (χ2n) is 5.45. The van der Waals surface area contributed by atoms with Crippen molar-refractivity contribution in [3.63, 3.8) is 0 Å². The largest absolute Gasteiger partial charge is 0.356 e. The van der Waals surface area contributed by atoms with Gasteiger partial charge in [0.05, 0.1) is 0 Å². The number of nitrogens with zero attached hydrogens (tertiary/aromatic N) is 3. The van der Waals surface area contributed by atoms with Crippen LogP contribution in [-0.4, -0.2) is 23.1 Å². The molecule has 1 aromatic rings. The van der Waals surface area contributed by atoms with Gasteiger partial charge in [0.15, 0.2) is 0 Å². The lowest BCUT2D eigenvalue weighted by Gasteiger charge is -2.39. The molecule has 1 aliphatic heterocycles. The van der Waals surface area contributed by atoms with E-state index in [4.69, 9.17) is 5.84 Å². The first kappa shape index (κ1) is 13.1. The maximum Gasteiger partial charge on any atom is 0.145 e. The first-order valence-electron chi connectivity index (χ1n) is 6.63. The van der Waals surface area contributed by atoms with Crippen molar-refractivity contribution in [3.05, 3.63) is 11.9 Å². The zero-order valence-corrected chi connectivity index (χ0v) is 11.5. The molecule has 18 heavy (non-hydrogen) atoms. The number of hydrazine groups is 1. The van der Waals surface area contributed by atoms with Crippen molar-refractivity contribution in [2.75, 3.05) is 23.4 Å². The van der Waals surface area contributed by atoms with E-state index in [0.29, 0.717) is 11.2 Å². The Kier molecular flexibility index (Phi) is 3.71. The Morgan fingerprint density at radius 3 is 2.61 bits per heavy atom. The van der Waals surface area contributed by atoms with Crippen molar-refractivity contribution in [1.82, 2.24) is 9.97 Å². The highest BCUT2D eigenvalue weighted by atomic mass is 15.3. The summed E-state index contributed by atoms with van der Waals surface area (Å²) in [6, 6.07) is 1.92. The Morgan fingerprint density at radius 2 is 2.06 bits per heavy atom. The highest BCUT2D eigenvalue weighted by Crippen LogP contribution is 2.35. The second-order valence-corrected chi connectivity index (χ2v) is 5.45. The lowest BCUT2D eigenvalue weighted by molar-refractivity contribution is 0.238. The zero-order chi connectivity index (χ0) is 13.2. The highest BCUT2D eigenvalue weighted by Gasteiger charge is 2.28. The minimum absolute atomic E-state index is 0.494. The van der Waals surface area contributed by atoms with E-state index in [2.05, 4.69) is 34.1 Å². The normalized spacial score (nSPS) is 18.8. The number of nitrogen functional groups attached to an aromatic ring is 1. The van der Waals surface area contributed by atoms with Gasteiger partial charge in [0.1, 0.15) is 17.5 Å². The number of aromatic nitrogens is 2. The summed E-state index contributed by atoms with van der Waals surface area (Å²) < 4.78 is 0. The third-order valence-electron chi connectivity index (χ3n) is 4.12. The molecule has 0 atom stereocenters. The molecule has 1 saturated heterocycles. The predicted molar refractivity (Wildman–Crippen MR) is 74.4 cm³/mol. The third-order valence-corrected chi connectivity index (χ3v) is 4.12. The van der Waals surface area contributed by atoms with E-state index < -0.39 is 0 Å². The van der Waals surface area contributed by atoms with Crippen molar-refractivity contribution in [3.8, 4) is 0 Å². The fourth-order valence-corrected chi connectivity index (χ4v) is 2.42. The van der Waals surface area contributed by atoms with Gasteiger partial charge in [0, 0.05) is 19.2 Å². The average Bonchev–Trinajstić information content (AvgIpc) is 2.39. The van der Waals surface area contributed by atoms with Gasteiger partial charge >= 0.3 is 0 Å². The van der Waals surface area contributed by atoms with Gasteiger partial charge in [-0.2, -0.15) is 0 Å². The summed E-state index contributed by atoms with van der Waals surface area (Å²) in [6.07, 6.45) is 3.69. The minimum atomic E-state index is 0.494. The molecule has 0 radical (unpaired) electrons. The third kappa shape index (κ3) is 2.72. The van der Waals surface area contributed by atoms with Gasteiger partial charge in [-0.05, 0) is 25.2 Å². The van der Waals surface area contributed by atoms with E-state index >= 15 is 0 Å². The van der Waals surface area contributed by atoms with Crippen LogP contribution in [0.2, 0.25) is 0 Å². The summed E-state index contributed by atoms with van der Waals surface area (Å²) in [6.45, 7) is 8.67. The van der Waals surface area contributed by atoms with E-state index in [1.54, 1.807) is 0 Å². The summed E-state index contributed by atoms with van der Waals surface area (Å²) in [5, 5.41) is 0. The molecule has 0 saturated carbocycles. The van der Waals surface area contributed by atoms with Crippen LogP contribution in [0.4, 0.5) is 11.6 Å². The van der Waals surface area contributed by atoms with Crippen molar-refractivity contribution in [1.29, 1.82) is 0 Å². The molecule has 1 aromatic heterocycles. The van der Waals surface area contributed by atoms with Crippen molar-refractivity contribution >= 4 is 11.6 Å². The van der Waals surface area contributed by atoms with Crippen LogP contribution >= 0.6 is 0 Å². The smallest absolute Gasteiger partial charge is 0.145 e. The molecule has 100 valence electrons. The van der Waals surface area contributed by atoms with Crippen LogP contribution < -0.4 is 16.2 Å².